The van der Waals surface area contributed by atoms with Crippen LogP contribution in [0.15, 0.2) is 47.0 Å². The third kappa shape index (κ3) is 3.26. The van der Waals surface area contributed by atoms with Crippen LogP contribution >= 0.6 is 0 Å². The molecule has 0 atom stereocenters. The minimum absolute atomic E-state index is 0.0145. The number of hydrogen-bond acceptors (Lipinski definition) is 5. The van der Waals surface area contributed by atoms with Crippen molar-refractivity contribution in [3.05, 3.63) is 60.0 Å². The lowest BCUT2D eigenvalue weighted by atomic mass is 10.2. The van der Waals surface area contributed by atoms with Crippen molar-refractivity contribution in [2.45, 2.75) is 12.8 Å². The Labute approximate surface area is 146 Å². The molecule has 8 heteroatoms. The molecule has 6 nitrogen and oxygen atoms in total. The molecule has 4 aromatic rings. The van der Waals surface area contributed by atoms with E-state index in [1.54, 1.807) is 0 Å². The first-order valence-corrected chi connectivity index (χ1v) is 8.04. The first kappa shape index (κ1) is 16.2. The molecule has 0 fully saturated rings. The van der Waals surface area contributed by atoms with Gasteiger partial charge in [0.05, 0.1) is 12.1 Å². The van der Waals surface area contributed by atoms with Crippen LogP contribution in [-0.2, 0) is 6.42 Å². The van der Waals surface area contributed by atoms with Crippen molar-refractivity contribution in [3.63, 3.8) is 0 Å². The summed E-state index contributed by atoms with van der Waals surface area (Å²) in [5.41, 5.74) is 1.52. The number of aromatic nitrogens is 4. The highest BCUT2D eigenvalue weighted by molar-refractivity contribution is 5.90. The Morgan fingerprint density at radius 3 is 2.88 bits per heavy atom. The highest BCUT2D eigenvalue weighted by Crippen LogP contribution is 2.24. The molecule has 0 unspecified atom stereocenters. The van der Waals surface area contributed by atoms with Gasteiger partial charge in [-0.25, -0.2) is 8.78 Å². The molecule has 2 heterocycles. The van der Waals surface area contributed by atoms with Gasteiger partial charge in [0.15, 0.2) is 11.6 Å². The van der Waals surface area contributed by atoms with Crippen molar-refractivity contribution >= 4 is 10.9 Å². The molecule has 0 aliphatic carbocycles. The Morgan fingerprint density at radius 1 is 1.12 bits per heavy atom. The van der Waals surface area contributed by atoms with Crippen LogP contribution in [0.2, 0.25) is 0 Å². The zero-order valence-corrected chi connectivity index (χ0v) is 13.6. The standard InChI is InChI=1S/C18H14F2N4O2/c19-11-7-8-15(13(20)10-11)25-9-3-6-16-21-18(24-26-16)17-12-4-1-2-5-14(12)22-23-17/h1-2,4-5,7-8,10H,3,6,9H2,(H,22,23). The molecule has 0 aliphatic rings. The number of benzene rings is 2. The Kier molecular flexibility index (Phi) is 4.30. The zero-order valence-electron chi connectivity index (χ0n) is 13.6. The van der Waals surface area contributed by atoms with Gasteiger partial charge in [-0.05, 0) is 24.6 Å². The Bertz CT molecular complexity index is 1040. The van der Waals surface area contributed by atoms with E-state index in [2.05, 4.69) is 20.3 Å². The maximum atomic E-state index is 13.5. The fraction of sp³-hybridized carbons (Fsp3) is 0.167. The van der Waals surface area contributed by atoms with Gasteiger partial charge in [0.1, 0.15) is 11.5 Å². The number of H-pyrrole nitrogens is 1. The van der Waals surface area contributed by atoms with Crippen molar-refractivity contribution in [1.82, 2.24) is 20.3 Å². The molecular weight excluding hydrogens is 342 g/mol. The number of rotatable bonds is 6. The monoisotopic (exact) mass is 356 g/mol. The van der Waals surface area contributed by atoms with Crippen LogP contribution in [-0.4, -0.2) is 26.9 Å². The number of ether oxygens (including phenoxy) is 1. The summed E-state index contributed by atoms with van der Waals surface area (Å²) >= 11 is 0. The van der Waals surface area contributed by atoms with Crippen molar-refractivity contribution in [2.75, 3.05) is 6.61 Å². The summed E-state index contributed by atoms with van der Waals surface area (Å²) < 4.78 is 36.9. The average Bonchev–Trinajstić information content (AvgIpc) is 3.26. The first-order valence-electron chi connectivity index (χ1n) is 8.04. The van der Waals surface area contributed by atoms with Gasteiger partial charge in [-0.1, -0.05) is 23.4 Å². The van der Waals surface area contributed by atoms with Crippen molar-refractivity contribution in [2.24, 2.45) is 0 Å². The lowest BCUT2D eigenvalue weighted by Gasteiger charge is -2.05. The fourth-order valence-corrected chi connectivity index (χ4v) is 2.58. The van der Waals surface area contributed by atoms with Gasteiger partial charge >= 0.3 is 0 Å². The highest BCUT2D eigenvalue weighted by Gasteiger charge is 2.14. The topological polar surface area (TPSA) is 76.8 Å². The summed E-state index contributed by atoms with van der Waals surface area (Å²) in [6, 6.07) is 10.9. The molecule has 0 saturated carbocycles. The van der Waals surface area contributed by atoms with Crippen LogP contribution in [0.25, 0.3) is 22.4 Å². The SMILES string of the molecule is Fc1ccc(OCCCc2nc(-c3n[nH]c4ccccc34)no2)c(F)c1. The molecule has 2 aromatic heterocycles. The van der Waals surface area contributed by atoms with Gasteiger partial charge in [0.25, 0.3) is 0 Å². The van der Waals surface area contributed by atoms with Crippen LogP contribution in [0.1, 0.15) is 12.3 Å². The molecule has 0 radical (unpaired) electrons. The second-order valence-electron chi connectivity index (χ2n) is 5.66. The lowest BCUT2D eigenvalue weighted by molar-refractivity contribution is 0.285. The minimum atomic E-state index is -0.726. The lowest BCUT2D eigenvalue weighted by Crippen LogP contribution is -2.01. The summed E-state index contributed by atoms with van der Waals surface area (Å²) in [5, 5.41) is 12.0. The molecule has 132 valence electrons. The number of nitrogens with zero attached hydrogens (tertiary/aromatic N) is 3. The smallest absolute Gasteiger partial charge is 0.227 e. The molecule has 0 spiro atoms. The normalized spacial score (nSPS) is 11.2. The van der Waals surface area contributed by atoms with E-state index in [1.807, 2.05) is 24.3 Å². The minimum Gasteiger partial charge on any atom is -0.491 e. The van der Waals surface area contributed by atoms with E-state index in [0.717, 1.165) is 23.0 Å². The third-order valence-corrected chi connectivity index (χ3v) is 3.84. The highest BCUT2D eigenvalue weighted by atomic mass is 19.1. The quantitative estimate of drug-likeness (QED) is 0.530. The maximum absolute atomic E-state index is 13.5. The van der Waals surface area contributed by atoms with Gasteiger partial charge < -0.3 is 9.26 Å². The van der Waals surface area contributed by atoms with Gasteiger partial charge in [-0.2, -0.15) is 10.1 Å². The average molecular weight is 356 g/mol. The molecule has 0 aliphatic heterocycles. The molecule has 0 saturated heterocycles. The number of halogens is 2. The van der Waals surface area contributed by atoms with Crippen molar-refractivity contribution < 1.29 is 18.0 Å². The van der Waals surface area contributed by atoms with E-state index < -0.39 is 11.6 Å². The zero-order chi connectivity index (χ0) is 17.9. The second kappa shape index (κ2) is 6.91. The summed E-state index contributed by atoms with van der Waals surface area (Å²) in [6.45, 7) is 0.242. The van der Waals surface area contributed by atoms with Gasteiger partial charge in [0.2, 0.25) is 11.7 Å². The van der Waals surface area contributed by atoms with Gasteiger partial charge in [-0.15, -0.1) is 0 Å². The van der Waals surface area contributed by atoms with Crippen LogP contribution in [0.4, 0.5) is 8.78 Å². The predicted molar refractivity (Wildman–Crippen MR) is 89.6 cm³/mol. The van der Waals surface area contributed by atoms with Gasteiger partial charge in [-0.3, -0.25) is 5.10 Å². The molecule has 2 aromatic carbocycles. The maximum Gasteiger partial charge on any atom is 0.227 e. The van der Waals surface area contributed by atoms with E-state index in [1.165, 1.54) is 6.07 Å². The van der Waals surface area contributed by atoms with Crippen LogP contribution < -0.4 is 4.74 Å². The van der Waals surface area contributed by atoms with E-state index in [-0.39, 0.29) is 12.4 Å². The molecular formula is C18H14F2N4O2. The second-order valence-corrected chi connectivity index (χ2v) is 5.66. The van der Waals surface area contributed by atoms with Crippen molar-refractivity contribution in [1.29, 1.82) is 0 Å². The molecule has 0 bridgehead atoms. The number of nitrogens with one attached hydrogen (secondary N) is 1. The Balaban J connectivity index is 1.37. The number of aryl methyl sites for hydroxylation is 1. The molecule has 0 amide bonds. The van der Waals surface area contributed by atoms with E-state index in [4.69, 9.17) is 9.26 Å². The van der Waals surface area contributed by atoms with E-state index in [0.29, 0.717) is 30.3 Å². The van der Waals surface area contributed by atoms with Crippen LogP contribution in [0.3, 0.4) is 0 Å². The van der Waals surface area contributed by atoms with E-state index >= 15 is 0 Å². The first-order chi connectivity index (χ1) is 12.7. The molecule has 1 N–H and O–H groups in total. The number of aromatic amines is 1. The largest absolute Gasteiger partial charge is 0.491 e. The van der Waals surface area contributed by atoms with E-state index in [9.17, 15) is 8.78 Å². The summed E-state index contributed by atoms with van der Waals surface area (Å²) in [7, 11) is 0. The Hall–Kier alpha value is -3.29. The van der Waals surface area contributed by atoms with Crippen LogP contribution in [0, 0.1) is 11.6 Å². The van der Waals surface area contributed by atoms with Crippen molar-refractivity contribution in [3.8, 4) is 17.3 Å². The molecule has 4 rings (SSSR count). The summed E-state index contributed by atoms with van der Waals surface area (Å²) in [4.78, 5) is 4.34. The molecule has 26 heavy (non-hydrogen) atoms. The number of hydrogen-bond donors (Lipinski definition) is 1. The fourth-order valence-electron chi connectivity index (χ4n) is 2.58. The summed E-state index contributed by atoms with van der Waals surface area (Å²) in [5.74, 6) is -0.506. The summed E-state index contributed by atoms with van der Waals surface area (Å²) in [6.07, 6.45) is 1.01. The Morgan fingerprint density at radius 2 is 2.00 bits per heavy atom. The van der Waals surface area contributed by atoms with Crippen LogP contribution in [0.5, 0.6) is 5.75 Å². The third-order valence-electron chi connectivity index (χ3n) is 3.84. The number of para-hydroxylation sites is 1. The number of fused-ring (bicyclic) bond motifs is 1. The predicted octanol–water partition coefficient (Wildman–Crippen LogP) is 3.90. The van der Waals surface area contributed by atoms with Gasteiger partial charge in [0, 0.05) is 17.9 Å².